The molecule has 0 saturated carbocycles. The van der Waals surface area contributed by atoms with Gasteiger partial charge in [-0.3, -0.25) is 0 Å². The van der Waals surface area contributed by atoms with Crippen LogP contribution in [0.4, 0.5) is 17.1 Å². The van der Waals surface area contributed by atoms with Gasteiger partial charge >= 0.3 is 0 Å². The number of rotatable bonds is 5. The van der Waals surface area contributed by atoms with E-state index in [1.807, 2.05) is 0 Å². The van der Waals surface area contributed by atoms with Gasteiger partial charge in [0.05, 0.1) is 27.6 Å². The van der Waals surface area contributed by atoms with E-state index in [4.69, 9.17) is 0 Å². The fourth-order valence-electron chi connectivity index (χ4n) is 8.46. The van der Waals surface area contributed by atoms with Crippen molar-refractivity contribution >= 4 is 77.0 Å². The molecule has 0 spiro atoms. The van der Waals surface area contributed by atoms with E-state index < -0.39 is 0 Å². The first-order valence-corrected chi connectivity index (χ1v) is 17.5. The molecular weight excluding hydrogens is 619 g/mol. The zero-order chi connectivity index (χ0) is 33.5. The lowest BCUT2D eigenvalue weighted by molar-refractivity contribution is 1.18. The van der Waals surface area contributed by atoms with E-state index in [0.717, 1.165) is 22.7 Å². The minimum absolute atomic E-state index is 1.13. The van der Waals surface area contributed by atoms with E-state index in [9.17, 15) is 0 Å². The first-order valence-electron chi connectivity index (χ1n) is 17.5. The Morgan fingerprint density at radius 3 is 1.45 bits per heavy atom. The first-order chi connectivity index (χ1) is 25.3. The van der Waals surface area contributed by atoms with Gasteiger partial charge in [0.25, 0.3) is 0 Å². The number of anilines is 3. The molecule has 8 aromatic carbocycles. The first kappa shape index (κ1) is 28.0. The van der Waals surface area contributed by atoms with Gasteiger partial charge in [-0.25, -0.2) is 0 Å². The van der Waals surface area contributed by atoms with Gasteiger partial charge in [0.1, 0.15) is 0 Å². The van der Waals surface area contributed by atoms with Crippen LogP contribution in [0.1, 0.15) is 0 Å². The van der Waals surface area contributed by atoms with E-state index in [2.05, 4.69) is 202 Å². The van der Waals surface area contributed by atoms with Crippen LogP contribution in [0.2, 0.25) is 0 Å². The van der Waals surface area contributed by atoms with Crippen molar-refractivity contribution in [3.8, 4) is 16.8 Å². The Morgan fingerprint density at radius 2 is 0.804 bits per heavy atom. The van der Waals surface area contributed by atoms with Crippen molar-refractivity contribution in [2.24, 2.45) is 0 Å². The molecule has 3 heteroatoms. The molecule has 238 valence electrons. The van der Waals surface area contributed by atoms with Crippen LogP contribution in [0.3, 0.4) is 0 Å². The normalized spacial score (nSPS) is 11.9. The summed E-state index contributed by atoms with van der Waals surface area (Å²) < 4.78 is 4.95. The lowest BCUT2D eigenvalue weighted by Gasteiger charge is -2.25. The molecule has 3 aromatic heterocycles. The summed E-state index contributed by atoms with van der Waals surface area (Å²) in [4.78, 5) is 2.30. The van der Waals surface area contributed by atoms with Crippen LogP contribution in [0.5, 0.6) is 0 Å². The highest BCUT2D eigenvalue weighted by atomic mass is 15.1. The summed E-state index contributed by atoms with van der Waals surface area (Å²) in [7, 11) is 0. The van der Waals surface area contributed by atoms with Gasteiger partial charge in [-0.15, -0.1) is 0 Å². The molecule has 0 radical (unpaired) electrons. The zero-order valence-electron chi connectivity index (χ0n) is 27.7. The van der Waals surface area contributed by atoms with Crippen molar-refractivity contribution in [2.45, 2.75) is 0 Å². The number of aromatic nitrogens is 2. The quantitative estimate of drug-likeness (QED) is 0.181. The molecule has 0 amide bonds. The fourth-order valence-corrected chi connectivity index (χ4v) is 8.46. The number of hydrogen-bond donors (Lipinski definition) is 0. The summed E-state index contributed by atoms with van der Waals surface area (Å²) in [5.41, 5.74) is 13.1. The van der Waals surface area contributed by atoms with E-state index in [1.165, 1.54) is 71.0 Å². The second-order valence-corrected chi connectivity index (χ2v) is 13.4. The minimum atomic E-state index is 1.13. The third kappa shape index (κ3) is 4.06. The Labute approximate surface area is 294 Å². The minimum Gasteiger partial charge on any atom is -0.311 e. The molecule has 11 aromatic rings. The summed E-state index contributed by atoms with van der Waals surface area (Å²) in [6.45, 7) is 0. The number of fused-ring (bicyclic) bond motifs is 6. The molecule has 51 heavy (non-hydrogen) atoms. The summed E-state index contributed by atoms with van der Waals surface area (Å²) >= 11 is 0. The highest BCUT2D eigenvalue weighted by Crippen LogP contribution is 2.45. The molecule has 11 rings (SSSR count). The summed E-state index contributed by atoms with van der Waals surface area (Å²) in [5.74, 6) is 0. The average molecular weight is 650 g/mol. The maximum absolute atomic E-state index is 2.50. The van der Waals surface area contributed by atoms with Crippen molar-refractivity contribution in [3.63, 3.8) is 0 Å². The number of para-hydroxylation sites is 4. The summed E-state index contributed by atoms with van der Waals surface area (Å²) in [5, 5.41) is 7.75. The van der Waals surface area contributed by atoms with E-state index >= 15 is 0 Å². The molecule has 0 atom stereocenters. The van der Waals surface area contributed by atoms with Crippen molar-refractivity contribution in [2.75, 3.05) is 4.90 Å². The molecule has 0 aliphatic heterocycles. The third-order valence-corrected chi connectivity index (χ3v) is 10.6. The van der Waals surface area contributed by atoms with Gasteiger partial charge < -0.3 is 13.9 Å². The lowest BCUT2D eigenvalue weighted by atomic mass is 10.0. The smallest absolute Gasteiger partial charge is 0.0641 e. The van der Waals surface area contributed by atoms with Crippen molar-refractivity contribution in [3.05, 3.63) is 188 Å². The van der Waals surface area contributed by atoms with Crippen LogP contribution >= 0.6 is 0 Å². The standard InChI is InChI=1S/C48H31N3/c1-3-12-34(13-4-1)49(35-14-5-2-6-15-35)36-26-22-32(23-27-36)33-24-28-37(29-25-33)50-44-21-11-18-40-38-16-7-9-19-42(38)51-43-20-10-8-17-39(43)41-30-31-45(50)47(46(40)44)48(41)51/h1-31H. The second-order valence-electron chi connectivity index (χ2n) is 13.4. The topological polar surface area (TPSA) is 12.6 Å². The monoisotopic (exact) mass is 649 g/mol. The van der Waals surface area contributed by atoms with Gasteiger partial charge in [-0.2, -0.15) is 0 Å². The SMILES string of the molecule is c1ccc(N(c2ccccc2)c2ccc(-c3ccc(-n4c5cccc6c7ccccc7n7c8ccccc8c8ccc4c(c65)c87)cc3)cc2)cc1. The maximum atomic E-state index is 2.50. The maximum Gasteiger partial charge on any atom is 0.0641 e. The van der Waals surface area contributed by atoms with Crippen LogP contribution in [0, 0.1) is 0 Å². The molecule has 3 heterocycles. The highest BCUT2D eigenvalue weighted by molar-refractivity contribution is 6.33. The molecule has 0 saturated heterocycles. The van der Waals surface area contributed by atoms with Crippen molar-refractivity contribution in [1.29, 1.82) is 0 Å². The predicted molar refractivity (Wildman–Crippen MR) is 216 cm³/mol. The Balaban J connectivity index is 1.07. The predicted octanol–water partition coefficient (Wildman–Crippen LogP) is 13.1. The Kier molecular flexibility index (Phi) is 5.96. The van der Waals surface area contributed by atoms with Gasteiger partial charge in [-0.05, 0) is 89.3 Å². The Hall–Kier alpha value is -6.84. The molecule has 3 nitrogen and oxygen atoms in total. The van der Waals surface area contributed by atoms with Crippen LogP contribution in [-0.4, -0.2) is 8.97 Å². The molecule has 0 aliphatic carbocycles. The van der Waals surface area contributed by atoms with Gasteiger partial charge in [0.15, 0.2) is 0 Å². The average Bonchev–Trinajstić information content (AvgIpc) is 3.68. The van der Waals surface area contributed by atoms with Crippen LogP contribution < -0.4 is 4.90 Å². The van der Waals surface area contributed by atoms with E-state index in [0.29, 0.717) is 0 Å². The van der Waals surface area contributed by atoms with Crippen molar-refractivity contribution < 1.29 is 0 Å². The number of nitrogens with zero attached hydrogens (tertiary/aromatic N) is 3. The zero-order valence-corrected chi connectivity index (χ0v) is 27.7. The lowest BCUT2D eigenvalue weighted by Crippen LogP contribution is -2.09. The highest BCUT2D eigenvalue weighted by Gasteiger charge is 2.22. The van der Waals surface area contributed by atoms with Crippen LogP contribution in [-0.2, 0) is 0 Å². The Morgan fingerprint density at radius 1 is 0.314 bits per heavy atom. The largest absolute Gasteiger partial charge is 0.311 e. The molecule has 0 aliphatic rings. The van der Waals surface area contributed by atoms with Gasteiger partial charge in [-0.1, -0.05) is 115 Å². The summed E-state index contributed by atoms with van der Waals surface area (Å²) in [6.07, 6.45) is 0. The van der Waals surface area contributed by atoms with Crippen molar-refractivity contribution in [1.82, 2.24) is 8.97 Å². The van der Waals surface area contributed by atoms with E-state index in [-0.39, 0.29) is 0 Å². The molecule has 0 unspecified atom stereocenters. The molecule has 0 fully saturated rings. The van der Waals surface area contributed by atoms with Gasteiger partial charge in [0, 0.05) is 49.7 Å². The molecular formula is C48H31N3. The molecule has 0 bridgehead atoms. The van der Waals surface area contributed by atoms with Crippen LogP contribution in [0.15, 0.2) is 188 Å². The van der Waals surface area contributed by atoms with Gasteiger partial charge in [0.2, 0.25) is 0 Å². The fraction of sp³-hybridized carbons (Fsp3) is 0. The molecule has 0 N–H and O–H groups in total. The second kappa shape index (κ2) is 10.8. The number of benzene rings is 8. The number of hydrogen-bond acceptors (Lipinski definition) is 1. The van der Waals surface area contributed by atoms with Crippen LogP contribution in [0.25, 0.3) is 76.7 Å². The Bertz CT molecular complexity index is 3000. The third-order valence-electron chi connectivity index (χ3n) is 10.6. The summed E-state index contributed by atoms with van der Waals surface area (Å²) in [6, 6.07) is 68.2. The van der Waals surface area contributed by atoms with E-state index in [1.54, 1.807) is 0 Å².